The lowest BCUT2D eigenvalue weighted by molar-refractivity contribution is 0.772. The number of benzene rings is 1. The molecule has 2 nitrogen and oxygen atoms in total. The first-order chi connectivity index (χ1) is 6.20. The average molecular weight is 245 g/mol. The van der Waals surface area contributed by atoms with Crippen molar-refractivity contribution in [1.29, 1.82) is 0 Å². The SMILES string of the molecule is CCCNC.Nc1ccc(Br)cc1. The molecule has 1 aromatic carbocycles. The quantitative estimate of drug-likeness (QED) is 0.786. The Balaban J connectivity index is 0.000000252. The van der Waals surface area contributed by atoms with Crippen LogP contribution in [-0.2, 0) is 0 Å². The molecule has 13 heavy (non-hydrogen) atoms. The second kappa shape index (κ2) is 8.08. The molecule has 0 radical (unpaired) electrons. The number of halogens is 1. The molecule has 0 aliphatic rings. The van der Waals surface area contributed by atoms with Gasteiger partial charge in [-0.15, -0.1) is 0 Å². The van der Waals surface area contributed by atoms with Gasteiger partial charge in [-0.25, -0.2) is 0 Å². The highest BCUT2D eigenvalue weighted by Gasteiger charge is 1.81. The van der Waals surface area contributed by atoms with E-state index in [9.17, 15) is 0 Å². The average Bonchev–Trinajstić information content (AvgIpc) is 2.13. The second-order valence-corrected chi connectivity index (χ2v) is 3.57. The van der Waals surface area contributed by atoms with Gasteiger partial charge in [-0.2, -0.15) is 0 Å². The molecule has 0 fully saturated rings. The number of hydrogen-bond donors (Lipinski definition) is 2. The van der Waals surface area contributed by atoms with Crippen LogP contribution in [0, 0.1) is 0 Å². The van der Waals surface area contributed by atoms with Crippen molar-refractivity contribution in [3.8, 4) is 0 Å². The summed E-state index contributed by atoms with van der Waals surface area (Å²) >= 11 is 3.29. The summed E-state index contributed by atoms with van der Waals surface area (Å²) in [5.74, 6) is 0. The van der Waals surface area contributed by atoms with Crippen LogP contribution in [0.5, 0.6) is 0 Å². The topological polar surface area (TPSA) is 38.0 Å². The predicted molar refractivity (Wildman–Crippen MR) is 62.8 cm³/mol. The number of anilines is 1. The lowest BCUT2D eigenvalue weighted by atomic mass is 10.3. The zero-order chi connectivity index (χ0) is 10.1. The normalized spacial score (nSPS) is 8.85. The first kappa shape index (κ1) is 12.5. The van der Waals surface area contributed by atoms with Crippen molar-refractivity contribution < 1.29 is 0 Å². The largest absolute Gasteiger partial charge is 0.399 e. The molecule has 0 saturated heterocycles. The van der Waals surface area contributed by atoms with E-state index in [2.05, 4.69) is 28.2 Å². The summed E-state index contributed by atoms with van der Waals surface area (Å²) in [6.07, 6.45) is 1.23. The van der Waals surface area contributed by atoms with Crippen molar-refractivity contribution in [3.05, 3.63) is 28.7 Å². The van der Waals surface area contributed by atoms with Gasteiger partial charge in [0.25, 0.3) is 0 Å². The maximum Gasteiger partial charge on any atom is 0.0314 e. The van der Waals surface area contributed by atoms with Gasteiger partial charge in [0.2, 0.25) is 0 Å². The summed E-state index contributed by atoms with van der Waals surface area (Å²) in [6, 6.07) is 7.53. The molecule has 1 rings (SSSR count). The zero-order valence-corrected chi connectivity index (χ0v) is 9.76. The van der Waals surface area contributed by atoms with Crippen LogP contribution in [0.3, 0.4) is 0 Å². The van der Waals surface area contributed by atoms with Gasteiger partial charge in [0, 0.05) is 10.2 Å². The third-order valence-electron chi connectivity index (χ3n) is 1.37. The molecule has 3 heteroatoms. The number of nitrogens with one attached hydrogen (secondary N) is 1. The van der Waals surface area contributed by atoms with Crippen molar-refractivity contribution in [1.82, 2.24) is 5.32 Å². The smallest absolute Gasteiger partial charge is 0.0314 e. The van der Waals surface area contributed by atoms with E-state index in [0.717, 1.165) is 16.7 Å². The molecule has 0 bridgehead atoms. The molecule has 0 aromatic heterocycles. The molecular formula is C10H17BrN2. The summed E-state index contributed by atoms with van der Waals surface area (Å²) in [6.45, 7) is 3.29. The van der Waals surface area contributed by atoms with Crippen molar-refractivity contribution in [2.24, 2.45) is 0 Å². The van der Waals surface area contributed by atoms with Gasteiger partial charge in [-0.1, -0.05) is 22.9 Å². The Morgan fingerprint density at radius 3 is 2.08 bits per heavy atom. The Labute approximate surface area is 88.7 Å². The lowest BCUT2D eigenvalue weighted by Crippen LogP contribution is -2.04. The summed E-state index contributed by atoms with van der Waals surface area (Å²) in [5, 5.41) is 3.02. The van der Waals surface area contributed by atoms with Gasteiger partial charge in [-0.3, -0.25) is 0 Å². The Morgan fingerprint density at radius 1 is 1.31 bits per heavy atom. The summed E-state index contributed by atoms with van der Waals surface area (Å²) in [4.78, 5) is 0. The highest BCUT2D eigenvalue weighted by Crippen LogP contribution is 2.10. The van der Waals surface area contributed by atoms with Crippen molar-refractivity contribution in [2.75, 3.05) is 19.3 Å². The molecule has 0 spiro atoms. The van der Waals surface area contributed by atoms with Gasteiger partial charge in [-0.05, 0) is 44.3 Å². The van der Waals surface area contributed by atoms with E-state index in [4.69, 9.17) is 5.73 Å². The molecular weight excluding hydrogens is 228 g/mol. The third kappa shape index (κ3) is 7.81. The van der Waals surface area contributed by atoms with Crippen LogP contribution < -0.4 is 11.1 Å². The Hall–Kier alpha value is -0.540. The predicted octanol–water partition coefficient (Wildman–Crippen LogP) is 2.65. The van der Waals surface area contributed by atoms with Crippen LogP contribution in [0.25, 0.3) is 0 Å². The number of hydrogen-bond acceptors (Lipinski definition) is 2. The van der Waals surface area contributed by atoms with E-state index >= 15 is 0 Å². The van der Waals surface area contributed by atoms with E-state index in [1.165, 1.54) is 6.42 Å². The summed E-state index contributed by atoms with van der Waals surface area (Å²) in [5.41, 5.74) is 6.21. The zero-order valence-electron chi connectivity index (χ0n) is 8.18. The minimum atomic E-state index is 0.799. The molecule has 0 atom stereocenters. The fourth-order valence-electron chi connectivity index (χ4n) is 0.713. The van der Waals surface area contributed by atoms with Crippen LogP contribution in [0.1, 0.15) is 13.3 Å². The van der Waals surface area contributed by atoms with E-state index in [0.29, 0.717) is 0 Å². The Kier molecular flexibility index (Phi) is 7.74. The second-order valence-electron chi connectivity index (χ2n) is 2.66. The molecule has 0 aliphatic carbocycles. The molecule has 3 N–H and O–H groups in total. The van der Waals surface area contributed by atoms with Crippen LogP contribution in [0.15, 0.2) is 28.7 Å². The van der Waals surface area contributed by atoms with Crippen LogP contribution in [0.4, 0.5) is 5.69 Å². The van der Waals surface area contributed by atoms with Gasteiger partial charge in [0.15, 0.2) is 0 Å². The van der Waals surface area contributed by atoms with Crippen molar-refractivity contribution in [3.63, 3.8) is 0 Å². The fourth-order valence-corrected chi connectivity index (χ4v) is 0.977. The van der Waals surface area contributed by atoms with Gasteiger partial charge >= 0.3 is 0 Å². The summed E-state index contributed by atoms with van der Waals surface area (Å²) < 4.78 is 1.06. The van der Waals surface area contributed by atoms with E-state index in [1.807, 2.05) is 31.3 Å². The molecule has 0 aliphatic heterocycles. The Morgan fingerprint density at radius 2 is 1.85 bits per heavy atom. The van der Waals surface area contributed by atoms with Crippen molar-refractivity contribution >= 4 is 21.6 Å². The molecule has 0 heterocycles. The maximum absolute atomic E-state index is 5.41. The van der Waals surface area contributed by atoms with Gasteiger partial charge in [0.1, 0.15) is 0 Å². The van der Waals surface area contributed by atoms with Crippen LogP contribution >= 0.6 is 15.9 Å². The molecule has 1 aromatic rings. The molecule has 74 valence electrons. The summed E-state index contributed by atoms with van der Waals surface area (Å²) in [7, 11) is 1.96. The molecule has 0 saturated carbocycles. The van der Waals surface area contributed by atoms with E-state index in [1.54, 1.807) is 0 Å². The monoisotopic (exact) mass is 244 g/mol. The minimum Gasteiger partial charge on any atom is -0.399 e. The maximum atomic E-state index is 5.41. The van der Waals surface area contributed by atoms with Crippen LogP contribution in [-0.4, -0.2) is 13.6 Å². The molecule has 0 amide bonds. The fraction of sp³-hybridized carbons (Fsp3) is 0.400. The minimum absolute atomic E-state index is 0.799. The van der Waals surface area contributed by atoms with Gasteiger partial charge < -0.3 is 11.1 Å². The lowest BCUT2D eigenvalue weighted by Gasteiger charge is -1.88. The van der Waals surface area contributed by atoms with Crippen molar-refractivity contribution in [2.45, 2.75) is 13.3 Å². The third-order valence-corrected chi connectivity index (χ3v) is 1.90. The first-order valence-electron chi connectivity index (χ1n) is 4.36. The highest BCUT2D eigenvalue weighted by molar-refractivity contribution is 9.10. The first-order valence-corrected chi connectivity index (χ1v) is 5.15. The Bertz CT molecular complexity index is 186. The van der Waals surface area contributed by atoms with Crippen LogP contribution in [0.2, 0.25) is 0 Å². The molecule has 0 unspecified atom stereocenters. The number of rotatable bonds is 2. The van der Waals surface area contributed by atoms with E-state index < -0.39 is 0 Å². The highest BCUT2D eigenvalue weighted by atomic mass is 79.9. The van der Waals surface area contributed by atoms with Gasteiger partial charge in [0.05, 0.1) is 0 Å². The number of nitrogen functional groups attached to an aromatic ring is 1. The van der Waals surface area contributed by atoms with E-state index in [-0.39, 0.29) is 0 Å². The number of nitrogens with two attached hydrogens (primary N) is 1. The standard InChI is InChI=1S/C6H6BrN.C4H11N/c7-5-1-3-6(8)4-2-5;1-3-4-5-2/h1-4H,8H2;5H,3-4H2,1-2H3.